The topological polar surface area (TPSA) is 61.4 Å². The maximum absolute atomic E-state index is 13.0. The second-order valence-corrected chi connectivity index (χ2v) is 6.84. The molecule has 3 rings (SSSR count). The van der Waals surface area contributed by atoms with Crippen molar-refractivity contribution in [2.24, 2.45) is 5.92 Å². The summed E-state index contributed by atoms with van der Waals surface area (Å²) < 4.78 is 13.0. The van der Waals surface area contributed by atoms with E-state index in [4.69, 9.17) is 0 Å². The van der Waals surface area contributed by atoms with Gasteiger partial charge in [0.25, 0.3) is 0 Å². The van der Waals surface area contributed by atoms with Crippen LogP contribution < -0.4 is 10.6 Å². The zero-order valence-electron chi connectivity index (χ0n) is 15.3. The van der Waals surface area contributed by atoms with Crippen LogP contribution >= 0.6 is 0 Å². The number of nitrogens with zero attached hydrogens (tertiary/aromatic N) is 1. The Morgan fingerprint density at radius 3 is 2.30 bits per heavy atom. The van der Waals surface area contributed by atoms with Crippen molar-refractivity contribution < 1.29 is 14.0 Å². The quantitative estimate of drug-likeness (QED) is 0.857. The van der Waals surface area contributed by atoms with E-state index in [0.717, 1.165) is 11.3 Å². The van der Waals surface area contributed by atoms with Gasteiger partial charge in [0.2, 0.25) is 5.91 Å². The van der Waals surface area contributed by atoms with E-state index in [2.05, 4.69) is 10.6 Å². The third-order valence-corrected chi connectivity index (χ3v) is 4.91. The summed E-state index contributed by atoms with van der Waals surface area (Å²) in [6.45, 7) is 2.97. The van der Waals surface area contributed by atoms with Crippen LogP contribution in [0.1, 0.15) is 31.4 Å². The highest BCUT2D eigenvalue weighted by molar-refractivity contribution is 5.89. The first-order valence-electron chi connectivity index (χ1n) is 9.20. The summed E-state index contributed by atoms with van der Waals surface area (Å²) >= 11 is 0. The van der Waals surface area contributed by atoms with Gasteiger partial charge in [-0.3, -0.25) is 4.79 Å². The van der Waals surface area contributed by atoms with E-state index in [1.54, 1.807) is 17.0 Å². The molecule has 0 bridgehead atoms. The molecule has 1 aliphatic heterocycles. The molecule has 3 amide bonds. The van der Waals surface area contributed by atoms with Crippen LogP contribution in [0.5, 0.6) is 0 Å². The van der Waals surface area contributed by atoms with Gasteiger partial charge < -0.3 is 15.5 Å². The molecular formula is C21H24FN3O2. The second-order valence-electron chi connectivity index (χ2n) is 6.84. The van der Waals surface area contributed by atoms with Gasteiger partial charge in [-0.2, -0.15) is 0 Å². The fraction of sp³-hybridized carbons (Fsp3) is 0.333. The molecule has 6 heteroatoms. The number of hydrogen-bond donors (Lipinski definition) is 2. The average Bonchev–Trinajstić information content (AvgIpc) is 2.69. The Labute approximate surface area is 158 Å². The molecule has 1 atom stereocenters. The Morgan fingerprint density at radius 1 is 1.04 bits per heavy atom. The van der Waals surface area contributed by atoms with E-state index in [0.29, 0.717) is 25.9 Å². The molecule has 0 radical (unpaired) electrons. The lowest BCUT2D eigenvalue weighted by atomic mass is 9.95. The van der Waals surface area contributed by atoms with Gasteiger partial charge in [0.1, 0.15) is 5.82 Å². The monoisotopic (exact) mass is 369 g/mol. The van der Waals surface area contributed by atoms with Crippen LogP contribution in [0.4, 0.5) is 14.9 Å². The molecule has 0 aromatic heterocycles. The van der Waals surface area contributed by atoms with Crippen LogP contribution in [-0.4, -0.2) is 29.9 Å². The van der Waals surface area contributed by atoms with E-state index in [1.165, 1.54) is 12.1 Å². The van der Waals surface area contributed by atoms with Crippen molar-refractivity contribution in [3.63, 3.8) is 0 Å². The lowest BCUT2D eigenvalue weighted by molar-refractivity contribution is -0.126. The van der Waals surface area contributed by atoms with Gasteiger partial charge in [0.05, 0.1) is 6.04 Å². The molecule has 2 aromatic carbocycles. The number of para-hydroxylation sites is 1. The number of amides is 3. The summed E-state index contributed by atoms with van der Waals surface area (Å²) in [7, 11) is 0. The van der Waals surface area contributed by atoms with Gasteiger partial charge >= 0.3 is 6.03 Å². The Hall–Kier alpha value is -2.89. The minimum absolute atomic E-state index is 0.0186. The minimum Gasteiger partial charge on any atom is -0.349 e. The van der Waals surface area contributed by atoms with Gasteiger partial charge in [-0.25, -0.2) is 9.18 Å². The summed E-state index contributed by atoms with van der Waals surface area (Å²) in [5.74, 6) is -0.429. The molecule has 0 aliphatic carbocycles. The van der Waals surface area contributed by atoms with Crippen molar-refractivity contribution in [2.45, 2.75) is 25.8 Å². The number of carbonyl (C=O) groups excluding carboxylic acids is 2. The number of carbonyl (C=O) groups is 2. The lowest BCUT2D eigenvalue weighted by Gasteiger charge is -2.32. The molecule has 0 spiro atoms. The third-order valence-electron chi connectivity index (χ3n) is 4.91. The highest BCUT2D eigenvalue weighted by Gasteiger charge is 2.28. The van der Waals surface area contributed by atoms with E-state index in [-0.39, 0.29) is 29.7 Å². The number of halogens is 1. The van der Waals surface area contributed by atoms with Gasteiger partial charge in [0, 0.05) is 24.7 Å². The molecular weight excluding hydrogens is 345 g/mol. The highest BCUT2D eigenvalue weighted by atomic mass is 19.1. The number of benzene rings is 2. The lowest BCUT2D eigenvalue weighted by Crippen LogP contribution is -2.44. The van der Waals surface area contributed by atoms with Crippen molar-refractivity contribution in [3.8, 4) is 0 Å². The number of hydrogen-bond acceptors (Lipinski definition) is 2. The van der Waals surface area contributed by atoms with Crippen molar-refractivity contribution in [1.29, 1.82) is 0 Å². The molecule has 5 nitrogen and oxygen atoms in total. The Balaban J connectivity index is 1.47. The standard InChI is InChI=1S/C21H24FN3O2/c1-15(16-7-9-18(22)10-8-16)23-20(26)17-11-13-25(14-12-17)21(27)24-19-5-3-2-4-6-19/h2-10,15,17H,11-14H2,1H3,(H,23,26)(H,24,27). The van der Waals surface area contributed by atoms with Gasteiger partial charge in [-0.15, -0.1) is 0 Å². The molecule has 142 valence electrons. The van der Waals surface area contributed by atoms with Crippen LogP contribution in [0, 0.1) is 11.7 Å². The number of likely N-dealkylation sites (tertiary alicyclic amines) is 1. The fourth-order valence-corrected chi connectivity index (χ4v) is 3.23. The first-order chi connectivity index (χ1) is 13.0. The van der Waals surface area contributed by atoms with Crippen LogP contribution in [0.25, 0.3) is 0 Å². The zero-order valence-corrected chi connectivity index (χ0v) is 15.3. The smallest absolute Gasteiger partial charge is 0.321 e. The van der Waals surface area contributed by atoms with E-state index in [9.17, 15) is 14.0 Å². The maximum Gasteiger partial charge on any atom is 0.321 e. The average molecular weight is 369 g/mol. The molecule has 1 heterocycles. The number of piperidine rings is 1. The summed E-state index contributed by atoms with van der Waals surface area (Å²) in [6.07, 6.45) is 1.26. The first-order valence-corrected chi connectivity index (χ1v) is 9.20. The second kappa shape index (κ2) is 8.66. The molecule has 2 N–H and O–H groups in total. The number of anilines is 1. The van der Waals surface area contributed by atoms with Crippen molar-refractivity contribution in [1.82, 2.24) is 10.2 Å². The largest absolute Gasteiger partial charge is 0.349 e. The summed E-state index contributed by atoms with van der Waals surface area (Å²) in [6, 6.07) is 15.1. The molecule has 1 fully saturated rings. The third kappa shape index (κ3) is 5.06. The summed E-state index contributed by atoms with van der Waals surface area (Å²) in [5, 5.41) is 5.86. The number of urea groups is 1. The zero-order chi connectivity index (χ0) is 19.2. The van der Waals surface area contributed by atoms with E-state index < -0.39 is 0 Å². The Bertz CT molecular complexity index is 772. The van der Waals surface area contributed by atoms with Gasteiger partial charge in [-0.1, -0.05) is 30.3 Å². The van der Waals surface area contributed by atoms with Gasteiger partial charge in [-0.05, 0) is 49.6 Å². The predicted molar refractivity (Wildman–Crippen MR) is 103 cm³/mol. The fourth-order valence-electron chi connectivity index (χ4n) is 3.23. The van der Waals surface area contributed by atoms with E-state index in [1.807, 2.05) is 37.3 Å². The molecule has 0 saturated carbocycles. The molecule has 1 aliphatic rings. The van der Waals surface area contributed by atoms with Crippen LogP contribution in [0.2, 0.25) is 0 Å². The molecule has 27 heavy (non-hydrogen) atoms. The Kier molecular flexibility index (Phi) is 6.06. The summed E-state index contributed by atoms with van der Waals surface area (Å²) in [4.78, 5) is 26.6. The van der Waals surface area contributed by atoms with Gasteiger partial charge in [0.15, 0.2) is 0 Å². The number of nitrogens with one attached hydrogen (secondary N) is 2. The van der Waals surface area contributed by atoms with Crippen molar-refractivity contribution in [2.75, 3.05) is 18.4 Å². The van der Waals surface area contributed by atoms with E-state index >= 15 is 0 Å². The minimum atomic E-state index is -0.293. The first kappa shape index (κ1) is 18.9. The SMILES string of the molecule is CC(NC(=O)C1CCN(C(=O)Nc2ccccc2)CC1)c1ccc(F)cc1. The number of rotatable bonds is 4. The maximum atomic E-state index is 13.0. The molecule has 1 saturated heterocycles. The normalized spacial score (nSPS) is 15.9. The van der Waals surface area contributed by atoms with Crippen LogP contribution in [0.15, 0.2) is 54.6 Å². The van der Waals surface area contributed by atoms with Crippen LogP contribution in [0.3, 0.4) is 0 Å². The van der Waals surface area contributed by atoms with Crippen molar-refractivity contribution in [3.05, 3.63) is 66.0 Å². The Morgan fingerprint density at radius 2 is 1.67 bits per heavy atom. The van der Waals surface area contributed by atoms with Crippen LogP contribution in [-0.2, 0) is 4.79 Å². The summed E-state index contributed by atoms with van der Waals surface area (Å²) in [5.41, 5.74) is 1.62. The highest BCUT2D eigenvalue weighted by Crippen LogP contribution is 2.21. The molecule has 2 aromatic rings. The predicted octanol–water partition coefficient (Wildman–Crippen LogP) is 3.95. The van der Waals surface area contributed by atoms with Crippen molar-refractivity contribution >= 4 is 17.6 Å². The molecule has 1 unspecified atom stereocenters.